The van der Waals surface area contributed by atoms with E-state index < -0.39 is 0 Å². The molecule has 0 saturated carbocycles. The molecule has 142 valence electrons. The van der Waals surface area contributed by atoms with Gasteiger partial charge in [-0.15, -0.1) is 0 Å². The topological polar surface area (TPSA) is 56.2 Å². The van der Waals surface area contributed by atoms with Gasteiger partial charge < -0.3 is 10.1 Å². The summed E-state index contributed by atoms with van der Waals surface area (Å²) in [6.07, 6.45) is 3.31. The van der Waals surface area contributed by atoms with Crippen LogP contribution in [-0.4, -0.2) is 15.7 Å². The highest BCUT2D eigenvalue weighted by molar-refractivity contribution is 6.30. The van der Waals surface area contributed by atoms with E-state index in [4.69, 9.17) is 16.3 Å². The zero-order valence-corrected chi connectivity index (χ0v) is 16.1. The fourth-order valence-corrected chi connectivity index (χ4v) is 4.09. The van der Waals surface area contributed by atoms with Crippen molar-refractivity contribution in [3.8, 4) is 0 Å². The molecule has 1 atom stereocenters. The minimum atomic E-state index is -0.192. The summed E-state index contributed by atoms with van der Waals surface area (Å²) in [5.74, 6) is -0.192. The van der Waals surface area contributed by atoms with Gasteiger partial charge >= 0.3 is 0 Å². The lowest BCUT2D eigenvalue weighted by atomic mass is 10.1. The van der Waals surface area contributed by atoms with Crippen molar-refractivity contribution in [3.63, 3.8) is 0 Å². The first-order valence-corrected chi connectivity index (χ1v) is 9.90. The number of hydrogen-bond donors (Lipinski definition) is 1. The molecular weight excluding hydrogens is 374 g/mol. The number of halogens is 1. The lowest BCUT2D eigenvalue weighted by Gasteiger charge is -2.24. The Kier molecular flexibility index (Phi) is 4.41. The van der Waals surface area contributed by atoms with Crippen LogP contribution in [0.1, 0.15) is 45.4 Å². The van der Waals surface area contributed by atoms with Gasteiger partial charge in [0, 0.05) is 10.7 Å². The van der Waals surface area contributed by atoms with Crippen molar-refractivity contribution in [1.82, 2.24) is 9.78 Å². The number of carbonyl (C=O) groups is 1. The molecule has 2 heterocycles. The Morgan fingerprint density at radius 2 is 1.93 bits per heavy atom. The molecule has 2 aliphatic rings. The number of nitrogens with zero attached hydrogens (tertiary/aromatic N) is 2. The molecule has 5 rings (SSSR count). The molecule has 5 nitrogen and oxygen atoms in total. The van der Waals surface area contributed by atoms with Gasteiger partial charge in [0.1, 0.15) is 6.10 Å². The Balaban J connectivity index is 1.31. The third-order valence-corrected chi connectivity index (χ3v) is 5.72. The Hall–Kier alpha value is -2.63. The van der Waals surface area contributed by atoms with Gasteiger partial charge in [0.15, 0.2) is 5.69 Å². The van der Waals surface area contributed by atoms with Crippen LogP contribution < -0.4 is 5.32 Å². The fourth-order valence-electron chi connectivity index (χ4n) is 3.96. The van der Waals surface area contributed by atoms with Crippen molar-refractivity contribution in [2.24, 2.45) is 0 Å². The highest BCUT2D eigenvalue weighted by Crippen LogP contribution is 2.28. The Morgan fingerprint density at radius 3 is 2.79 bits per heavy atom. The van der Waals surface area contributed by atoms with Crippen LogP contribution in [0.4, 0.5) is 5.69 Å². The average molecular weight is 394 g/mol. The standard InChI is InChI=1S/C22H20ClN3O2/c23-17-7-4-15(5-8-17)21-12-26-19(13-28-21)11-20(25-26)22(27)24-18-9-6-14-2-1-3-16(14)10-18/h4-11,21H,1-3,12-13H2,(H,24,27)/t21-/m1/s1. The van der Waals surface area contributed by atoms with E-state index in [1.165, 1.54) is 17.5 Å². The summed E-state index contributed by atoms with van der Waals surface area (Å²) >= 11 is 5.96. The smallest absolute Gasteiger partial charge is 0.276 e. The third-order valence-electron chi connectivity index (χ3n) is 5.47. The first-order chi connectivity index (χ1) is 13.7. The molecule has 0 fully saturated rings. The van der Waals surface area contributed by atoms with Gasteiger partial charge in [-0.05, 0) is 66.3 Å². The number of amides is 1. The van der Waals surface area contributed by atoms with Crippen LogP contribution in [-0.2, 0) is 30.7 Å². The molecule has 2 aromatic carbocycles. The van der Waals surface area contributed by atoms with Gasteiger partial charge in [-0.25, -0.2) is 0 Å². The second kappa shape index (κ2) is 7.08. The van der Waals surface area contributed by atoms with E-state index in [9.17, 15) is 4.79 Å². The summed E-state index contributed by atoms with van der Waals surface area (Å²) in [6, 6.07) is 15.6. The van der Waals surface area contributed by atoms with E-state index in [1.807, 2.05) is 35.0 Å². The third kappa shape index (κ3) is 3.32. The molecular formula is C22H20ClN3O2. The maximum absolute atomic E-state index is 12.7. The molecule has 0 radical (unpaired) electrons. The number of ether oxygens (including phenoxy) is 1. The molecule has 0 saturated heterocycles. The lowest BCUT2D eigenvalue weighted by Crippen LogP contribution is -2.22. The van der Waals surface area contributed by atoms with Gasteiger partial charge in [0.25, 0.3) is 5.91 Å². The fraction of sp³-hybridized carbons (Fsp3) is 0.273. The molecule has 28 heavy (non-hydrogen) atoms. The number of carbonyl (C=O) groups excluding carboxylic acids is 1. The number of anilines is 1. The van der Waals surface area contributed by atoms with Crippen LogP contribution in [0.5, 0.6) is 0 Å². The minimum absolute atomic E-state index is 0.0997. The number of hydrogen-bond acceptors (Lipinski definition) is 3. The van der Waals surface area contributed by atoms with E-state index >= 15 is 0 Å². The van der Waals surface area contributed by atoms with Crippen LogP contribution in [0.2, 0.25) is 5.02 Å². The van der Waals surface area contributed by atoms with Crippen molar-refractivity contribution >= 4 is 23.2 Å². The number of nitrogens with one attached hydrogen (secondary N) is 1. The summed E-state index contributed by atoms with van der Waals surface area (Å²) in [5.41, 5.74) is 5.92. The normalized spacial score (nSPS) is 17.8. The van der Waals surface area contributed by atoms with E-state index in [-0.39, 0.29) is 12.0 Å². The van der Waals surface area contributed by atoms with Crippen molar-refractivity contribution in [1.29, 1.82) is 0 Å². The van der Waals surface area contributed by atoms with Crippen LogP contribution in [0.25, 0.3) is 0 Å². The molecule has 6 heteroatoms. The Labute approximate surface area is 168 Å². The Morgan fingerprint density at radius 1 is 1.11 bits per heavy atom. The van der Waals surface area contributed by atoms with Crippen molar-refractivity contribution in [3.05, 3.63) is 81.6 Å². The zero-order valence-electron chi connectivity index (χ0n) is 15.3. The summed E-state index contributed by atoms with van der Waals surface area (Å²) in [5, 5.41) is 8.19. The van der Waals surface area contributed by atoms with E-state index in [2.05, 4.69) is 22.5 Å². The number of aryl methyl sites for hydroxylation is 2. The van der Waals surface area contributed by atoms with Gasteiger partial charge in [-0.1, -0.05) is 29.8 Å². The summed E-state index contributed by atoms with van der Waals surface area (Å²) in [6.45, 7) is 0.996. The lowest BCUT2D eigenvalue weighted by molar-refractivity contribution is -0.00118. The van der Waals surface area contributed by atoms with Gasteiger partial charge in [-0.2, -0.15) is 5.10 Å². The summed E-state index contributed by atoms with van der Waals surface area (Å²) < 4.78 is 7.82. The molecule has 1 aliphatic heterocycles. The van der Waals surface area contributed by atoms with Gasteiger partial charge in [0.05, 0.1) is 18.8 Å². The average Bonchev–Trinajstić information content (AvgIpc) is 3.34. The van der Waals surface area contributed by atoms with Crippen molar-refractivity contribution < 1.29 is 9.53 Å². The molecule has 0 spiro atoms. The molecule has 1 aliphatic carbocycles. The predicted molar refractivity (Wildman–Crippen MR) is 108 cm³/mol. The highest BCUT2D eigenvalue weighted by Gasteiger charge is 2.24. The number of fused-ring (bicyclic) bond motifs is 2. The van der Waals surface area contributed by atoms with Crippen LogP contribution >= 0.6 is 11.6 Å². The molecule has 0 unspecified atom stereocenters. The predicted octanol–water partition coefficient (Wildman–Crippen LogP) is 4.55. The maximum Gasteiger partial charge on any atom is 0.276 e. The van der Waals surface area contributed by atoms with E-state index in [0.29, 0.717) is 23.9 Å². The monoisotopic (exact) mass is 393 g/mol. The first-order valence-electron chi connectivity index (χ1n) is 9.53. The largest absolute Gasteiger partial charge is 0.365 e. The zero-order chi connectivity index (χ0) is 19.1. The summed E-state index contributed by atoms with van der Waals surface area (Å²) in [4.78, 5) is 12.7. The number of aromatic nitrogens is 2. The van der Waals surface area contributed by atoms with Crippen LogP contribution in [0.3, 0.4) is 0 Å². The number of benzene rings is 2. The van der Waals surface area contributed by atoms with Crippen molar-refractivity contribution in [2.75, 3.05) is 5.32 Å². The summed E-state index contributed by atoms with van der Waals surface area (Å²) in [7, 11) is 0. The van der Waals surface area contributed by atoms with Crippen LogP contribution in [0.15, 0.2) is 48.5 Å². The van der Waals surface area contributed by atoms with Crippen molar-refractivity contribution in [2.45, 2.75) is 38.5 Å². The highest BCUT2D eigenvalue weighted by atomic mass is 35.5. The minimum Gasteiger partial charge on any atom is -0.365 e. The maximum atomic E-state index is 12.7. The molecule has 1 N–H and O–H groups in total. The van der Waals surface area contributed by atoms with Crippen LogP contribution in [0, 0.1) is 0 Å². The van der Waals surface area contributed by atoms with E-state index in [1.54, 1.807) is 6.07 Å². The second-order valence-corrected chi connectivity index (χ2v) is 7.78. The van der Waals surface area contributed by atoms with Gasteiger partial charge in [-0.3, -0.25) is 9.48 Å². The molecule has 1 aromatic heterocycles. The quantitative estimate of drug-likeness (QED) is 0.710. The SMILES string of the molecule is O=C(Nc1ccc2c(c1)CCC2)c1cc2n(n1)C[C@H](c1ccc(Cl)cc1)OC2. The molecule has 3 aromatic rings. The number of rotatable bonds is 3. The molecule has 0 bridgehead atoms. The Bertz CT molecular complexity index is 1040. The van der Waals surface area contributed by atoms with E-state index in [0.717, 1.165) is 29.8 Å². The van der Waals surface area contributed by atoms with Gasteiger partial charge in [0.2, 0.25) is 0 Å². The first kappa shape index (κ1) is 17.5. The molecule has 1 amide bonds. The second-order valence-electron chi connectivity index (χ2n) is 7.35.